The summed E-state index contributed by atoms with van der Waals surface area (Å²) in [6.45, 7) is 1.33. The van der Waals surface area contributed by atoms with Gasteiger partial charge in [0.2, 0.25) is 5.92 Å². The molecule has 0 saturated heterocycles. The maximum atomic E-state index is 13.6. The van der Waals surface area contributed by atoms with E-state index in [1.54, 1.807) is 17.3 Å². The van der Waals surface area contributed by atoms with Gasteiger partial charge in [-0.25, -0.2) is 13.8 Å². The fourth-order valence-corrected chi connectivity index (χ4v) is 6.39. The third kappa shape index (κ3) is 4.90. The molecule has 6 rings (SSSR count). The molecule has 0 unspecified atom stereocenters. The topological polar surface area (TPSA) is 99.7 Å². The Morgan fingerprint density at radius 3 is 2.69 bits per heavy atom. The average Bonchev–Trinajstić information content (AvgIpc) is 3.41. The highest BCUT2D eigenvalue weighted by Crippen LogP contribution is 2.50. The number of nitrogens with zero attached hydrogens (tertiary/aromatic N) is 6. The first-order valence-electron chi connectivity index (χ1n) is 13.1. The Kier molecular flexibility index (Phi) is 6.39. The van der Waals surface area contributed by atoms with Crippen molar-refractivity contribution in [3.8, 4) is 6.07 Å². The first kappa shape index (κ1) is 25.8. The van der Waals surface area contributed by atoms with Crippen molar-refractivity contribution >= 4 is 23.3 Å². The molecule has 1 amide bonds. The van der Waals surface area contributed by atoms with Gasteiger partial charge in [0.05, 0.1) is 12.6 Å². The third-order valence-electron chi connectivity index (χ3n) is 8.34. The molecule has 8 nitrogen and oxygen atoms in total. The van der Waals surface area contributed by atoms with E-state index in [2.05, 4.69) is 32.6 Å². The third-order valence-corrected chi connectivity index (χ3v) is 8.53. The number of alkyl halides is 2. The number of aromatic nitrogens is 4. The quantitative estimate of drug-likeness (QED) is 0.412. The number of amides is 1. The van der Waals surface area contributed by atoms with E-state index in [0.717, 1.165) is 22.5 Å². The van der Waals surface area contributed by atoms with Gasteiger partial charge in [-0.05, 0) is 60.2 Å². The Morgan fingerprint density at radius 2 is 2.00 bits per heavy atom. The van der Waals surface area contributed by atoms with E-state index >= 15 is 0 Å². The molecule has 3 aromatic rings. The van der Waals surface area contributed by atoms with E-state index in [-0.39, 0.29) is 41.2 Å². The summed E-state index contributed by atoms with van der Waals surface area (Å²) in [6.07, 6.45) is 3.56. The van der Waals surface area contributed by atoms with Gasteiger partial charge in [0, 0.05) is 49.8 Å². The molecule has 2 saturated carbocycles. The van der Waals surface area contributed by atoms with Gasteiger partial charge >= 0.3 is 0 Å². The van der Waals surface area contributed by atoms with Crippen LogP contribution in [-0.2, 0) is 32.0 Å². The second-order valence-electron chi connectivity index (χ2n) is 11.2. The number of aryl methyl sites for hydroxylation is 1. The normalized spacial score (nSPS) is 23.7. The van der Waals surface area contributed by atoms with Crippen molar-refractivity contribution in [2.75, 3.05) is 11.4 Å². The van der Waals surface area contributed by atoms with E-state index in [1.807, 2.05) is 29.8 Å². The lowest BCUT2D eigenvalue weighted by atomic mass is 9.57. The summed E-state index contributed by atoms with van der Waals surface area (Å²) in [5, 5.41) is 21.2. The number of hydrogen-bond acceptors (Lipinski definition) is 6. The first-order valence-corrected chi connectivity index (χ1v) is 13.5. The van der Waals surface area contributed by atoms with E-state index in [0.29, 0.717) is 50.3 Å². The van der Waals surface area contributed by atoms with Gasteiger partial charge in [-0.1, -0.05) is 23.7 Å². The molecule has 3 aliphatic rings. The van der Waals surface area contributed by atoms with E-state index in [1.165, 1.54) is 0 Å². The van der Waals surface area contributed by atoms with Gasteiger partial charge in [0.25, 0.3) is 5.91 Å². The Morgan fingerprint density at radius 1 is 1.21 bits per heavy atom. The van der Waals surface area contributed by atoms with Crippen LogP contribution in [-0.4, -0.2) is 38.1 Å². The van der Waals surface area contributed by atoms with Crippen molar-refractivity contribution in [1.82, 2.24) is 25.1 Å². The number of anilines is 1. The Labute approximate surface area is 230 Å². The minimum atomic E-state index is -2.53. The summed E-state index contributed by atoms with van der Waals surface area (Å²) < 4.78 is 28.1. The summed E-state index contributed by atoms with van der Waals surface area (Å²) >= 11 is 6.31. The summed E-state index contributed by atoms with van der Waals surface area (Å²) in [5.41, 5.74) is 3.11. The highest BCUT2D eigenvalue weighted by atomic mass is 35.5. The molecule has 0 spiro atoms. The zero-order valence-electron chi connectivity index (χ0n) is 21.5. The van der Waals surface area contributed by atoms with Crippen molar-refractivity contribution in [3.63, 3.8) is 0 Å². The largest absolute Gasteiger partial charge is 0.321 e. The van der Waals surface area contributed by atoms with Crippen molar-refractivity contribution < 1.29 is 13.6 Å². The summed E-state index contributed by atoms with van der Waals surface area (Å²) in [7, 11) is 1.90. The molecule has 1 aromatic carbocycles. The molecule has 0 bridgehead atoms. The molecule has 1 N–H and O–H groups in total. The number of nitriles is 1. The van der Waals surface area contributed by atoms with E-state index in [9.17, 15) is 18.8 Å². The molecular formula is C28H28ClF2N7O. The predicted octanol–water partition coefficient (Wildman–Crippen LogP) is 4.57. The fraction of sp³-hybridized carbons (Fsp3) is 0.464. The van der Waals surface area contributed by atoms with Crippen LogP contribution >= 0.6 is 11.6 Å². The van der Waals surface area contributed by atoms with Crippen molar-refractivity contribution in [2.45, 2.75) is 56.5 Å². The fourth-order valence-electron chi connectivity index (χ4n) is 6.17. The SMILES string of the molecule is Cn1cnnc1CC1(c2ccc3c(c2)C(=O)N(c2cc(CNCC4CC(F)(F)C4)cc(Cl)n2)C3)CC(C#N)C1. The van der Waals surface area contributed by atoms with Gasteiger partial charge in [-0.15, -0.1) is 10.2 Å². The van der Waals surface area contributed by atoms with Crippen molar-refractivity contribution in [2.24, 2.45) is 18.9 Å². The lowest BCUT2D eigenvalue weighted by Gasteiger charge is -2.45. The Bertz CT molecular complexity index is 1470. The molecule has 202 valence electrons. The number of carbonyl (C=O) groups excluding carboxylic acids is 1. The van der Waals surface area contributed by atoms with Crippen molar-refractivity contribution in [3.05, 3.63) is 69.9 Å². The second-order valence-corrected chi connectivity index (χ2v) is 11.6. The number of carbonyl (C=O) groups is 1. The molecule has 11 heteroatoms. The summed E-state index contributed by atoms with van der Waals surface area (Å²) in [4.78, 5) is 19.6. The predicted molar refractivity (Wildman–Crippen MR) is 140 cm³/mol. The van der Waals surface area contributed by atoms with Crippen LogP contribution in [0.2, 0.25) is 5.15 Å². The minimum absolute atomic E-state index is 0.0258. The molecular weight excluding hydrogens is 524 g/mol. The number of hydrogen-bond donors (Lipinski definition) is 1. The van der Waals surface area contributed by atoms with Gasteiger partial charge in [-0.2, -0.15) is 5.26 Å². The highest BCUT2D eigenvalue weighted by molar-refractivity contribution is 6.29. The van der Waals surface area contributed by atoms with Gasteiger partial charge in [0.1, 0.15) is 23.1 Å². The van der Waals surface area contributed by atoms with Gasteiger partial charge < -0.3 is 9.88 Å². The van der Waals surface area contributed by atoms with Crippen LogP contribution in [0.4, 0.5) is 14.6 Å². The minimum Gasteiger partial charge on any atom is -0.321 e. The zero-order valence-corrected chi connectivity index (χ0v) is 22.3. The molecule has 0 radical (unpaired) electrons. The number of benzene rings is 1. The monoisotopic (exact) mass is 551 g/mol. The van der Waals surface area contributed by atoms with Crippen LogP contribution in [0.15, 0.2) is 36.7 Å². The van der Waals surface area contributed by atoms with Crippen LogP contribution in [0.1, 0.15) is 58.6 Å². The van der Waals surface area contributed by atoms with E-state index < -0.39 is 5.92 Å². The second kappa shape index (κ2) is 9.65. The molecule has 2 aromatic heterocycles. The first-order chi connectivity index (χ1) is 18.6. The molecule has 0 atom stereocenters. The number of pyridine rings is 1. The maximum Gasteiger partial charge on any atom is 0.260 e. The smallest absolute Gasteiger partial charge is 0.260 e. The maximum absolute atomic E-state index is 13.6. The molecule has 39 heavy (non-hydrogen) atoms. The van der Waals surface area contributed by atoms with Gasteiger partial charge in [0.15, 0.2) is 0 Å². The molecule has 1 aliphatic heterocycles. The van der Waals surface area contributed by atoms with Crippen LogP contribution < -0.4 is 10.2 Å². The highest BCUT2D eigenvalue weighted by Gasteiger charge is 2.47. The number of fused-ring (bicyclic) bond motifs is 1. The van der Waals surface area contributed by atoms with Gasteiger partial charge in [-0.3, -0.25) is 9.69 Å². The zero-order chi connectivity index (χ0) is 27.4. The lowest BCUT2D eigenvalue weighted by Crippen LogP contribution is -2.43. The number of halogens is 3. The Balaban J connectivity index is 1.19. The average molecular weight is 552 g/mol. The van der Waals surface area contributed by atoms with Crippen LogP contribution in [0.3, 0.4) is 0 Å². The van der Waals surface area contributed by atoms with Crippen LogP contribution in [0.5, 0.6) is 0 Å². The molecule has 2 aliphatic carbocycles. The van der Waals surface area contributed by atoms with Crippen molar-refractivity contribution in [1.29, 1.82) is 5.26 Å². The summed E-state index contributed by atoms with van der Waals surface area (Å²) in [6, 6.07) is 11.9. The molecule has 3 heterocycles. The summed E-state index contributed by atoms with van der Waals surface area (Å²) in [5.74, 6) is -1.44. The standard InChI is InChI=1S/C28H28ClF2N7O/c1-37-16-34-36-25(37)11-27(7-18(8-27)12-32)21-3-2-20-15-38(26(39)22(20)6-21)24-5-17(4-23(29)35-24)13-33-14-19-9-28(30,31)10-19/h2-6,16,18-19,33H,7-11,13-15H2,1H3. The number of rotatable bonds is 8. The number of nitrogens with one attached hydrogen (secondary N) is 1. The van der Waals surface area contributed by atoms with Crippen LogP contribution in [0.25, 0.3) is 0 Å². The molecule has 2 fully saturated rings. The lowest BCUT2D eigenvalue weighted by molar-refractivity contribution is -0.109. The van der Waals surface area contributed by atoms with Crippen LogP contribution in [0, 0.1) is 23.2 Å². The Hall–Kier alpha value is -3.42. The van der Waals surface area contributed by atoms with E-state index in [4.69, 9.17) is 11.6 Å².